The van der Waals surface area contributed by atoms with Crippen LogP contribution in [0.3, 0.4) is 0 Å². The van der Waals surface area contributed by atoms with Crippen molar-refractivity contribution in [3.8, 4) is 5.75 Å². The van der Waals surface area contributed by atoms with E-state index in [4.69, 9.17) is 27.9 Å². The number of benzene rings is 2. The number of ether oxygens (including phenoxy) is 1. The maximum atomic E-state index is 12.5. The van der Waals surface area contributed by atoms with Gasteiger partial charge in [-0.3, -0.25) is 9.69 Å². The molecule has 0 aliphatic carbocycles. The van der Waals surface area contributed by atoms with E-state index in [0.717, 1.165) is 24.4 Å². The van der Waals surface area contributed by atoms with E-state index >= 15 is 0 Å². The van der Waals surface area contributed by atoms with E-state index in [0.29, 0.717) is 16.6 Å². The van der Waals surface area contributed by atoms with Crippen molar-refractivity contribution in [3.05, 3.63) is 63.6 Å². The number of likely N-dealkylation sites (tertiary alicyclic amines) is 1. The lowest BCUT2D eigenvalue weighted by atomic mass is 10.0. The third-order valence-corrected chi connectivity index (χ3v) is 5.53. The fourth-order valence-electron chi connectivity index (χ4n) is 3.45. The van der Waals surface area contributed by atoms with Crippen LogP contribution in [0.1, 0.15) is 30.0 Å². The maximum Gasteiger partial charge on any atom is 0.224 e. The van der Waals surface area contributed by atoms with Crippen LogP contribution in [0.4, 0.5) is 0 Å². The van der Waals surface area contributed by atoms with E-state index in [-0.39, 0.29) is 18.4 Å². The minimum atomic E-state index is -0.0445. The molecular weight excluding hydrogens is 383 g/mol. The zero-order valence-electron chi connectivity index (χ0n) is 15.4. The average molecular weight is 407 g/mol. The van der Waals surface area contributed by atoms with Gasteiger partial charge in [-0.2, -0.15) is 0 Å². The first-order valence-corrected chi connectivity index (χ1v) is 9.91. The Morgan fingerprint density at radius 3 is 2.48 bits per heavy atom. The molecule has 0 saturated carbocycles. The van der Waals surface area contributed by atoms with E-state index in [1.807, 2.05) is 12.1 Å². The molecule has 1 unspecified atom stereocenters. The normalized spacial score (nSPS) is 15.5. The van der Waals surface area contributed by atoms with Gasteiger partial charge in [-0.05, 0) is 61.3 Å². The highest BCUT2D eigenvalue weighted by Crippen LogP contribution is 2.26. The Hall–Kier alpha value is -1.75. The summed E-state index contributed by atoms with van der Waals surface area (Å²) in [5.41, 5.74) is 1.96. The number of carbonyl (C=O) groups is 1. The number of nitrogens with one attached hydrogen (secondary N) is 1. The zero-order chi connectivity index (χ0) is 19.2. The zero-order valence-corrected chi connectivity index (χ0v) is 16.9. The van der Waals surface area contributed by atoms with Crippen LogP contribution in [0, 0.1) is 0 Å². The van der Waals surface area contributed by atoms with Crippen LogP contribution in [0.5, 0.6) is 5.75 Å². The Balaban J connectivity index is 1.65. The highest BCUT2D eigenvalue weighted by molar-refractivity contribution is 6.35. The monoisotopic (exact) mass is 406 g/mol. The second-order valence-electron chi connectivity index (χ2n) is 6.75. The van der Waals surface area contributed by atoms with E-state index in [1.54, 1.807) is 25.3 Å². The largest absolute Gasteiger partial charge is 0.497 e. The molecule has 1 heterocycles. The van der Waals surface area contributed by atoms with Gasteiger partial charge in [-0.1, -0.05) is 41.4 Å². The second-order valence-corrected chi connectivity index (χ2v) is 7.59. The standard InChI is InChI=1S/C21H24Cl2N2O2/c1-27-18-8-5-15(6-9-18)20(25-10-2-3-11-25)14-24-21(26)12-16-4-7-17(22)13-19(16)23/h4-9,13,20H,2-3,10-12,14H2,1H3,(H,24,26). The first-order chi connectivity index (χ1) is 13.1. The molecule has 3 rings (SSSR count). The molecular formula is C21H24Cl2N2O2. The smallest absolute Gasteiger partial charge is 0.224 e. The Labute approximate surface area is 170 Å². The quantitative estimate of drug-likeness (QED) is 0.735. The minimum Gasteiger partial charge on any atom is -0.497 e. The van der Waals surface area contributed by atoms with Gasteiger partial charge in [-0.15, -0.1) is 0 Å². The molecule has 1 amide bonds. The molecule has 27 heavy (non-hydrogen) atoms. The van der Waals surface area contributed by atoms with Gasteiger partial charge in [0.1, 0.15) is 5.75 Å². The number of halogens is 2. The van der Waals surface area contributed by atoms with E-state index in [1.165, 1.54) is 18.4 Å². The lowest BCUT2D eigenvalue weighted by Gasteiger charge is -2.28. The Morgan fingerprint density at radius 2 is 1.85 bits per heavy atom. The third kappa shape index (κ3) is 5.38. The summed E-state index contributed by atoms with van der Waals surface area (Å²) in [5.74, 6) is 0.789. The van der Waals surface area contributed by atoms with Gasteiger partial charge < -0.3 is 10.1 Å². The van der Waals surface area contributed by atoms with Crippen molar-refractivity contribution in [1.82, 2.24) is 10.2 Å². The molecule has 1 saturated heterocycles. The van der Waals surface area contributed by atoms with Crippen LogP contribution in [-0.4, -0.2) is 37.6 Å². The molecule has 0 radical (unpaired) electrons. The molecule has 0 spiro atoms. The predicted molar refractivity (Wildman–Crippen MR) is 110 cm³/mol. The van der Waals surface area contributed by atoms with Crippen molar-refractivity contribution in [3.63, 3.8) is 0 Å². The molecule has 1 aliphatic heterocycles. The Kier molecular flexibility index (Phi) is 7.00. The van der Waals surface area contributed by atoms with Crippen molar-refractivity contribution in [2.24, 2.45) is 0 Å². The van der Waals surface area contributed by atoms with Gasteiger partial charge in [0.25, 0.3) is 0 Å². The number of nitrogens with zero attached hydrogens (tertiary/aromatic N) is 1. The summed E-state index contributed by atoms with van der Waals surface area (Å²) in [4.78, 5) is 14.9. The van der Waals surface area contributed by atoms with Crippen LogP contribution >= 0.6 is 23.2 Å². The molecule has 0 aromatic heterocycles. The lowest BCUT2D eigenvalue weighted by molar-refractivity contribution is -0.120. The summed E-state index contributed by atoms with van der Waals surface area (Å²) in [6.07, 6.45) is 2.63. The Morgan fingerprint density at radius 1 is 1.15 bits per heavy atom. The summed E-state index contributed by atoms with van der Waals surface area (Å²) >= 11 is 12.1. The average Bonchev–Trinajstić information content (AvgIpc) is 3.19. The topological polar surface area (TPSA) is 41.6 Å². The molecule has 6 heteroatoms. The van der Waals surface area contributed by atoms with Crippen LogP contribution in [-0.2, 0) is 11.2 Å². The number of hydrogen-bond acceptors (Lipinski definition) is 3. The van der Waals surface area contributed by atoms with Crippen molar-refractivity contribution >= 4 is 29.1 Å². The maximum absolute atomic E-state index is 12.5. The number of methoxy groups -OCH3 is 1. The highest BCUT2D eigenvalue weighted by Gasteiger charge is 2.24. The van der Waals surface area contributed by atoms with Crippen LogP contribution in [0.2, 0.25) is 10.0 Å². The van der Waals surface area contributed by atoms with Crippen LogP contribution in [0.15, 0.2) is 42.5 Å². The summed E-state index contributed by atoms with van der Waals surface area (Å²) in [6.45, 7) is 2.67. The fraction of sp³-hybridized carbons (Fsp3) is 0.381. The van der Waals surface area contributed by atoms with Crippen molar-refractivity contribution in [2.45, 2.75) is 25.3 Å². The second kappa shape index (κ2) is 9.45. The molecule has 2 aromatic rings. The molecule has 1 atom stereocenters. The van der Waals surface area contributed by atoms with Crippen LogP contribution in [0.25, 0.3) is 0 Å². The number of carbonyl (C=O) groups excluding carboxylic acids is 1. The molecule has 4 nitrogen and oxygen atoms in total. The van der Waals surface area contributed by atoms with Gasteiger partial charge in [0.05, 0.1) is 19.6 Å². The van der Waals surface area contributed by atoms with Crippen molar-refractivity contribution < 1.29 is 9.53 Å². The fourth-order valence-corrected chi connectivity index (χ4v) is 3.92. The van der Waals surface area contributed by atoms with E-state index in [9.17, 15) is 4.79 Å². The van der Waals surface area contributed by atoms with E-state index in [2.05, 4.69) is 22.3 Å². The van der Waals surface area contributed by atoms with Crippen molar-refractivity contribution in [1.29, 1.82) is 0 Å². The minimum absolute atomic E-state index is 0.0445. The lowest BCUT2D eigenvalue weighted by Crippen LogP contribution is -2.37. The first kappa shape index (κ1) is 20.0. The highest BCUT2D eigenvalue weighted by atomic mass is 35.5. The third-order valence-electron chi connectivity index (χ3n) is 4.94. The predicted octanol–water partition coefficient (Wildman–Crippen LogP) is 4.50. The van der Waals surface area contributed by atoms with E-state index < -0.39 is 0 Å². The molecule has 0 bridgehead atoms. The number of amides is 1. The summed E-state index contributed by atoms with van der Waals surface area (Å²) < 4.78 is 5.25. The number of hydrogen-bond donors (Lipinski definition) is 1. The summed E-state index contributed by atoms with van der Waals surface area (Å²) in [7, 11) is 1.66. The summed E-state index contributed by atoms with van der Waals surface area (Å²) in [5, 5.41) is 4.16. The SMILES string of the molecule is COc1ccc(C(CNC(=O)Cc2ccc(Cl)cc2Cl)N2CCCC2)cc1. The van der Waals surface area contributed by atoms with Gasteiger partial charge in [0.2, 0.25) is 5.91 Å². The van der Waals surface area contributed by atoms with Gasteiger partial charge in [-0.25, -0.2) is 0 Å². The summed E-state index contributed by atoms with van der Waals surface area (Å²) in [6, 6.07) is 13.4. The molecule has 1 fully saturated rings. The van der Waals surface area contributed by atoms with Crippen molar-refractivity contribution in [2.75, 3.05) is 26.7 Å². The van der Waals surface area contributed by atoms with Gasteiger partial charge in [0.15, 0.2) is 0 Å². The molecule has 2 aromatic carbocycles. The molecule has 1 aliphatic rings. The van der Waals surface area contributed by atoms with Gasteiger partial charge in [0, 0.05) is 16.6 Å². The molecule has 144 valence electrons. The van der Waals surface area contributed by atoms with Gasteiger partial charge >= 0.3 is 0 Å². The van der Waals surface area contributed by atoms with Crippen LogP contribution < -0.4 is 10.1 Å². The first-order valence-electron chi connectivity index (χ1n) is 9.15. The number of rotatable bonds is 7. The molecule has 1 N–H and O–H groups in total. The Bertz CT molecular complexity index is 774.